The Morgan fingerprint density at radius 1 is 1.27 bits per heavy atom. The van der Waals surface area contributed by atoms with E-state index in [4.69, 9.17) is 0 Å². The smallest absolute Gasteiger partial charge is 0.227 e. The molecule has 26 heavy (non-hydrogen) atoms. The molecule has 1 aromatic heterocycles. The van der Waals surface area contributed by atoms with Gasteiger partial charge >= 0.3 is 0 Å². The fourth-order valence-electron chi connectivity index (χ4n) is 4.46. The lowest BCUT2D eigenvalue weighted by Gasteiger charge is -2.42. The number of thiophene rings is 1. The molecule has 2 aromatic rings. The van der Waals surface area contributed by atoms with Crippen molar-refractivity contribution in [1.82, 2.24) is 4.90 Å². The first kappa shape index (κ1) is 17.4. The topological polar surface area (TPSA) is 57.6 Å². The fourth-order valence-corrected chi connectivity index (χ4v) is 5.28. The Bertz CT molecular complexity index is 848. The summed E-state index contributed by atoms with van der Waals surface area (Å²) in [5.74, 6) is 0.149. The van der Waals surface area contributed by atoms with Gasteiger partial charge in [0.05, 0.1) is 17.4 Å². The van der Waals surface area contributed by atoms with Crippen LogP contribution in [0.4, 0.5) is 0 Å². The van der Waals surface area contributed by atoms with E-state index in [0.29, 0.717) is 30.8 Å². The number of piperidine rings is 1. The van der Waals surface area contributed by atoms with Crippen molar-refractivity contribution in [1.29, 1.82) is 0 Å². The van der Waals surface area contributed by atoms with Crippen LogP contribution in [0.2, 0.25) is 0 Å². The molecule has 1 aliphatic heterocycles. The summed E-state index contributed by atoms with van der Waals surface area (Å²) >= 11 is 1.40. The molecule has 1 spiro atoms. The summed E-state index contributed by atoms with van der Waals surface area (Å²) in [4.78, 5) is 26.7. The predicted octanol–water partition coefficient (Wildman–Crippen LogP) is 2.97. The van der Waals surface area contributed by atoms with Crippen LogP contribution in [0, 0.1) is 0 Å². The van der Waals surface area contributed by atoms with Crippen LogP contribution >= 0.6 is 11.3 Å². The van der Waals surface area contributed by atoms with Crippen molar-refractivity contribution in [2.24, 2.45) is 0 Å². The second kappa shape index (κ2) is 6.63. The molecular weight excluding hydrogens is 346 g/mol. The van der Waals surface area contributed by atoms with Crippen LogP contribution in [0.3, 0.4) is 0 Å². The van der Waals surface area contributed by atoms with E-state index in [9.17, 15) is 14.7 Å². The van der Waals surface area contributed by atoms with Gasteiger partial charge in [0.15, 0.2) is 5.78 Å². The van der Waals surface area contributed by atoms with Crippen LogP contribution in [-0.2, 0) is 23.1 Å². The highest BCUT2D eigenvalue weighted by Crippen LogP contribution is 2.46. The third kappa shape index (κ3) is 2.89. The number of hydrogen-bond donors (Lipinski definition) is 1. The summed E-state index contributed by atoms with van der Waals surface area (Å²) in [6, 6.07) is 10.1. The number of carbonyl (C=O) groups is 2. The van der Waals surface area contributed by atoms with Gasteiger partial charge in [-0.1, -0.05) is 24.3 Å². The summed E-state index contributed by atoms with van der Waals surface area (Å²) in [6.07, 6.45) is 2.31. The normalized spacial score (nSPS) is 21.0. The molecule has 0 saturated carbocycles. The van der Waals surface area contributed by atoms with Crippen molar-refractivity contribution in [3.63, 3.8) is 0 Å². The summed E-state index contributed by atoms with van der Waals surface area (Å²) in [6.45, 7) is 2.90. The molecule has 2 heterocycles. The van der Waals surface area contributed by atoms with Crippen molar-refractivity contribution in [3.05, 3.63) is 57.3 Å². The average molecular weight is 369 g/mol. The van der Waals surface area contributed by atoms with E-state index >= 15 is 0 Å². The highest BCUT2D eigenvalue weighted by molar-refractivity contribution is 7.12. The molecule has 1 N–H and O–H groups in total. The van der Waals surface area contributed by atoms with Gasteiger partial charge in [0.1, 0.15) is 0 Å². The standard InChI is InChI=1S/C21H23NO3S/c1-14(23)18-10-15(13-26-18)11-20(25)22-8-6-21(7-9-22)17-5-3-2-4-16(17)12-19(21)24/h2-5,10,13,19,24H,6-9,11-12H2,1H3/t19-/m0/s1. The molecule has 4 rings (SSSR count). The Morgan fingerprint density at radius 3 is 2.69 bits per heavy atom. The number of rotatable bonds is 3. The van der Waals surface area contributed by atoms with Crippen LogP contribution in [0.1, 0.15) is 46.1 Å². The lowest BCUT2D eigenvalue weighted by atomic mass is 9.72. The molecule has 136 valence electrons. The molecule has 1 atom stereocenters. The molecule has 1 amide bonds. The van der Waals surface area contributed by atoms with E-state index < -0.39 is 0 Å². The lowest BCUT2D eigenvalue weighted by molar-refractivity contribution is -0.132. The SMILES string of the molecule is CC(=O)c1cc(CC(=O)N2CCC3(CC2)c2ccccc2C[C@@H]3O)cs1. The minimum absolute atomic E-state index is 0.0440. The highest BCUT2D eigenvalue weighted by atomic mass is 32.1. The van der Waals surface area contributed by atoms with Gasteiger partial charge in [-0.2, -0.15) is 0 Å². The zero-order chi connectivity index (χ0) is 18.3. The maximum atomic E-state index is 12.7. The minimum Gasteiger partial charge on any atom is -0.392 e. The molecule has 5 heteroatoms. The predicted molar refractivity (Wildman–Crippen MR) is 102 cm³/mol. The number of aliphatic hydroxyl groups excluding tert-OH is 1. The van der Waals surface area contributed by atoms with Crippen LogP contribution in [0.25, 0.3) is 0 Å². The van der Waals surface area contributed by atoms with Gasteiger partial charge in [-0.05, 0) is 54.3 Å². The number of hydrogen-bond acceptors (Lipinski definition) is 4. The Kier molecular flexibility index (Phi) is 4.45. The zero-order valence-corrected chi connectivity index (χ0v) is 15.7. The van der Waals surface area contributed by atoms with E-state index in [-0.39, 0.29) is 23.2 Å². The molecule has 1 saturated heterocycles. The van der Waals surface area contributed by atoms with E-state index in [1.807, 2.05) is 28.5 Å². The zero-order valence-electron chi connectivity index (χ0n) is 14.9. The molecular formula is C21H23NO3S. The van der Waals surface area contributed by atoms with Crippen LogP contribution < -0.4 is 0 Å². The molecule has 1 fully saturated rings. The van der Waals surface area contributed by atoms with Gasteiger partial charge in [-0.3, -0.25) is 9.59 Å². The molecule has 1 aromatic carbocycles. The first-order valence-electron chi connectivity index (χ1n) is 9.12. The van der Waals surface area contributed by atoms with Crippen molar-refractivity contribution in [2.45, 2.75) is 44.1 Å². The van der Waals surface area contributed by atoms with Crippen LogP contribution in [0.15, 0.2) is 35.7 Å². The Labute approximate surface area is 157 Å². The van der Waals surface area contributed by atoms with Crippen LogP contribution in [0.5, 0.6) is 0 Å². The van der Waals surface area contributed by atoms with Crippen molar-refractivity contribution in [3.8, 4) is 0 Å². The van der Waals surface area contributed by atoms with E-state index in [1.165, 1.54) is 22.5 Å². The van der Waals surface area contributed by atoms with Gasteiger partial charge in [-0.25, -0.2) is 0 Å². The van der Waals surface area contributed by atoms with Gasteiger partial charge in [-0.15, -0.1) is 11.3 Å². The van der Waals surface area contributed by atoms with Gasteiger partial charge in [0.25, 0.3) is 0 Å². The first-order valence-corrected chi connectivity index (χ1v) is 10.0. The lowest BCUT2D eigenvalue weighted by Crippen LogP contribution is -2.49. The summed E-state index contributed by atoms with van der Waals surface area (Å²) in [5, 5.41) is 12.6. The highest BCUT2D eigenvalue weighted by Gasteiger charge is 2.47. The van der Waals surface area contributed by atoms with E-state index in [1.54, 1.807) is 6.92 Å². The molecule has 1 aliphatic carbocycles. The maximum Gasteiger partial charge on any atom is 0.227 e. The third-order valence-corrected chi connectivity index (χ3v) is 7.05. The third-order valence-electron chi connectivity index (χ3n) is 5.97. The number of carbonyl (C=O) groups excluding carboxylic acids is 2. The monoisotopic (exact) mass is 369 g/mol. The largest absolute Gasteiger partial charge is 0.392 e. The second-order valence-electron chi connectivity index (χ2n) is 7.47. The molecule has 4 nitrogen and oxygen atoms in total. The number of aliphatic hydroxyl groups is 1. The second-order valence-corrected chi connectivity index (χ2v) is 8.38. The molecule has 0 bridgehead atoms. The Balaban J connectivity index is 1.43. The van der Waals surface area contributed by atoms with E-state index in [2.05, 4.69) is 12.1 Å². The molecule has 0 radical (unpaired) electrons. The molecule has 0 unspecified atom stereocenters. The quantitative estimate of drug-likeness (QED) is 0.847. The Morgan fingerprint density at radius 2 is 2.00 bits per heavy atom. The number of amides is 1. The summed E-state index contributed by atoms with van der Waals surface area (Å²) in [5.41, 5.74) is 3.23. The number of nitrogens with zero attached hydrogens (tertiary/aromatic N) is 1. The minimum atomic E-state index is -0.354. The van der Waals surface area contributed by atoms with Gasteiger partial charge in [0, 0.05) is 18.5 Å². The number of likely N-dealkylation sites (tertiary alicyclic amines) is 1. The number of Topliss-reactive ketones (excluding diaryl/α,β-unsaturated/α-hetero) is 1. The van der Waals surface area contributed by atoms with Gasteiger partial charge < -0.3 is 10.0 Å². The number of benzene rings is 1. The first-order chi connectivity index (χ1) is 12.5. The Hall–Kier alpha value is -1.98. The van der Waals surface area contributed by atoms with Crippen molar-refractivity contribution < 1.29 is 14.7 Å². The summed E-state index contributed by atoms with van der Waals surface area (Å²) in [7, 11) is 0. The fraction of sp³-hybridized carbons (Fsp3) is 0.429. The van der Waals surface area contributed by atoms with Gasteiger partial charge in [0.2, 0.25) is 5.91 Å². The molecule has 2 aliphatic rings. The van der Waals surface area contributed by atoms with Crippen molar-refractivity contribution in [2.75, 3.05) is 13.1 Å². The van der Waals surface area contributed by atoms with Crippen LogP contribution in [-0.4, -0.2) is 40.9 Å². The summed E-state index contributed by atoms with van der Waals surface area (Å²) < 4.78 is 0. The maximum absolute atomic E-state index is 12.7. The van der Waals surface area contributed by atoms with E-state index in [0.717, 1.165) is 18.4 Å². The average Bonchev–Trinajstić information content (AvgIpc) is 3.20. The van der Waals surface area contributed by atoms with Crippen molar-refractivity contribution >= 4 is 23.0 Å². The number of fused-ring (bicyclic) bond motifs is 2. The number of ketones is 1.